The number of Topliss-reactive ketones (excluding diaryl/α,β-unsaturated/α-hetero) is 5. The fourth-order valence-electron chi connectivity index (χ4n) is 8.49. The van der Waals surface area contributed by atoms with Gasteiger partial charge in [0.2, 0.25) is 0 Å². The molecular weight excluding hydrogens is 496 g/mol. The minimum Gasteiger partial charge on any atom is -0.507 e. The zero-order chi connectivity index (χ0) is 29.2. The number of fused-ring (bicyclic) bond motifs is 3. The van der Waals surface area contributed by atoms with Crippen molar-refractivity contribution in [3.63, 3.8) is 0 Å². The van der Waals surface area contributed by atoms with E-state index >= 15 is 0 Å². The van der Waals surface area contributed by atoms with Gasteiger partial charge in [0.25, 0.3) is 0 Å². The zero-order valence-corrected chi connectivity index (χ0v) is 24.2. The summed E-state index contributed by atoms with van der Waals surface area (Å²) in [5, 5.41) is 22.9. The third-order valence-electron chi connectivity index (χ3n) is 10.3. The Bertz CT molecular complexity index is 1260. The molecule has 0 aliphatic heterocycles. The molecule has 7 nitrogen and oxygen atoms in total. The van der Waals surface area contributed by atoms with Crippen LogP contribution < -0.4 is 0 Å². The van der Waals surface area contributed by atoms with Gasteiger partial charge in [-0.25, -0.2) is 0 Å². The number of ketones is 5. The molecule has 39 heavy (non-hydrogen) atoms. The molecule has 0 spiro atoms. The molecule has 0 radical (unpaired) electrons. The molecule has 4 rings (SSSR count). The summed E-state index contributed by atoms with van der Waals surface area (Å²) in [5.74, 6) is -8.03. The van der Waals surface area contributed by atoms with Gasteiger partial charge in [0.15, 0.2) is 28.7 Å². The largest absolute Gasteiger partial charge is 0.507 e. The first-order valence-electron chi connectivity index (χ1n) is 14.3. The summed E-state index contributed by atoms with van der Waals surface area (Å²) in [4.78, 5) is 68.1. The van der Waals surface area contributed by atoms with Crippen molar-refractivity contribution in [2.45, 2.75) is 92.6 Å². The maximum absolute atomic E-state index is 14.3. The number of hydrogen-bond acceptors (Lipinski definition) is 7. The fourth-order valence-corrected chi connectivity index (χ4v) is 8.49. The lowest BCUT2D eigenvalue weighted by molar-refractivity contribution is -0.205. The molecule has 0 saturated heterocycles. The van der Waals surface area contributed by atoms with Gasteiger partial charge >= 0.3 is 0 Å². The number of rotatable bonds is 7. The molecular formula is C32H42O7. The third kappa shape index (κ3) is 3.98. The lowest BCUT2D eigenvalue weighted by atomic mass is 9.40. The van der Waals surface area contributed by atoms with E-state index in [0.717, 1.165) is 38.2 Å². The molecule has 0 aromatic heterocycles. The van der Waals surface area contributed by atoms with Gasteiger partial charge in [-0.05, 0) is 67.1 Å². The van der Waals surface area contributed by atoms with Crippen LogP contribution in [0.1, 0.15) is 95.6 Å². The van der Waals surface area contributed by atoms with Crippen molar-refractivity contribution in [2.75, 3.05) is 0 Å². The molecule has 7 heteroatoms. The number of hydrogen-bond donors (Lipinski definition) is 2. The minimum atomic E-state index is -2.66. The number of aliphatic hydroxyl groups is 1. The van der Waals surface area contributed by atoms with Gasteiger partial charge in [-0.2, -0.15) is 0 Å². The van der Waals surface area contributed by atoms with Crippen molar-refractivity contribution in [2.24, 2.45) is 40.4 Å². The number of carbonyl (C=O) groups is 5. The van der Waals surface area contributed by atoms with Crippen LogP contribution in [0.15, 0.2) is 12.1 Å². The van der Waals surface area contributed by atoms with Crippen LogP contribution in [0.25, 0.3) is 0 Å². The highest BCUT2D eigenvalue weighted by Crippen LogP contribution is 2.63. The summed E-state index contributed by atoms with van der Waals surface area (Å²) in [6.07, 6.45) is 4.11. The summed E-state index contributed by atoms with van der Waals surface area (Å²) >= 11 is 0. The first kappa shape index (κ1) is 29.3. The van der Waals surface area contributed by atoms with E-state index in [-0.39, 0.29) is 23.7 Å². The number of aromatic hydroxyl groups is 1. The van der Waals surface area contributed by atoms with Gasteiger partial charge in [0, 0.05) is 11.3 Å². The van der Waals surface area contributed by atoms with E-state index in [1.807, 2.05) is 13.0 Å². The second-order valence-corrected chi connectivity index (χ2v) is 13.1. The van der Waals surface area contributed by atoms with E-state index in [1.54, 1.807) is 20.8 Å². The molecule has 3 unspecified atom stereocenters. The molecule has 2 fully saturated rings. The van der Waals surface area contributed by atoms with Crippen LogP contribution in [0.3, 0.4) is 0 Å². The van der Waals surface area contributed by atoms with Gasteiger partial charge in [-0.1, -0.05) is 60.5 Å². The quantitative estimate of drug-likeness (QED) is 0.491. The van der Waals surface area contributed by atoms with Crippen molar-refractivity contribution in [1.82, 2.24) is 0 Å². The molecule has 1 aromatic rings. The maximum atomic E-state index is 14.3. The SMILES string of the molecule is CCC(CC)CCc1ccc(O)c2c1C[C@]1(C)C[C@]3(C)C(C(C)C)C(=O)C(C(C)=O)C(=O)[C@]3(O)C(=O)C1C2=O. The highest BCUT2D eigenvalue weighted by Gasteiger charge is 2.76. The average Bonchev–Trinajstić information content (AvgIpc) is 2.82. The molecule has 6 atom stereocenters. The van der Waals surface area contributed by atoms with Gasteiger partial charge in [-0.3, -0.25) is 24.0 Å². The van der Waals surface area contributed by atoms with Gasteiger partial charge in [-0.15, -0.1) is 0 Å². The first-order valence-corrected chi connectivity index (χ1v) is 14.3. The second kappa shape index (κ2) is 9.76. The Kier molecular flexibility index (Phi) is 7.33. The predicted octanol–water partition coefficient (Wildman–Crippen LogP) is 4.46. The number of aryl methyl sites for hydroxylation is 1. The predicted molar refractivity (Wildman–Crippen MR) is 145 cm³/mol. The summed E-state index contributed by atoms with van der Waals surface area (Å²) in [6.45, 7) is 12.4. The Balaban J connectivity index is 1.89. The van der Waals surface area contributed by atoms with Crippen molar-refractivity contribution in [3.05, 3.63) is 28.8 Å². The monoisotopic (exact) mass is 538 g/mol. The van der Waals surface area contributed by atoms with E-state index in [0.29, 0.717) is 17.9 Å². The Hall–Kier alpha value is -2.67. The van der Waals surface area contributed by atoms with Crippen LogP contribution in [0.2, 0.25) is 0 Å². The van der Waals surface area contributed by atoms with Crippen LogP contribution in [0, 0.1) is 40.4 Å². The second-order valence-electron chi connectivity index (χ2n) is 13.1. The normalized spacial score (nSPS) is 34.3. The molecule has 2 N–H and O–H groups in total. The Labute approximate surface area is 230 Å². The molecule has 2 saturated carbocycles. The summed E-state index contributed by atoms with van der Waals surface area (Å²) < 4.78 is 0. The number of carbonyl (C=O) groups excluding carboxylic acids is 5. The van der Waals surface area contributed by atoms with E-state index in [9.17, 15) is 34.2 Å². The average molecular weight is 539 g/mol. The smallest absolute Gasteiger partial charge is 0.190 e. The maximum Gasteiger partial charge on any atom is 0.190 e. The van der Waals surface area contributed by atoms with Crippen LogP contribution >= 0.6 is 0 Å². The van der Waals surface area contributed by atoms with Crippen LogP contribution in [-0.4, -0.2) is 44.7 Å². The number of phenols is 1. The van der Waals surface area contributed by atoms with Crippen molar-refractivity contribution < 1.29 is 34.2 Å². The first-order chi connectivity index (χ1) is 18.1. The third-order valence-corrected chi connectivity index (χ3v) is 10.3. The van der Waals surface area contributed by atoms with E-state index in [2.05, 4.69) is 13.8 Å². The molecule has 0 heterocycles. The lowest BCUT2D eigenvalue weighted by Gasteiger charge is -2.61. The van der Waals surface area contributed by atoms with Crippen LogP contribution in [0.5, 0.6) is 5.75 Å². The zero-order valence-electron chi connectivity index (χ0n) is 24.2. The number of phenolic OH excluding ortho intramolecular Hbond substituents is 1. The van der Waals surface area contributed by atoms with E-state index in [1.165, 1.54) is 6.07 Å². The molecule has 3 aliphatic carbocycles. The highest BCUT2D eigenvalue weighted by atomic mass is 16.3. The van der Waals surface area contributed by atoms with Crippen LogP contribution in [0.4, 0.5) is 0 Å². The molecule has 0 amide bonds. The molecule has 0 bridgehead atoms. The standard InChI is InChI=1S/C32H42O7/c1-8-18(9-2)10-11-19-12-13-21(34)23-20(19)14-30(6)15-31(7)24(16(3)4)26(35)22(17(5)33)28(37)32(31,39)29(38)25(30)27(23)36/h12-13,16,18,22,24-25,34,39H,8-11,14-15H2,1-7H3/t22?,24?,25?,30-,31-,32+/m1/s1. The van der Waals surface area contributed by atoms with E-state index in [4.69, 9.17) is 0 Å². The summed E-state index contributed by atoms with van der Waals surface area (Å²) in [6, 6.07) is 3.33. The lowest BCUT2D eigenvalue weighted by Crippen LogP contribution is -2.76. The Morgan fingerprint density at radius 3 is 2.21 bits per heavy atom. The fraction of sp³-hybridized carbons (Fsp3) is 0.656. The Morgan fingerprint density at radius 1 is 1.05 bits per heavy atom. The van der Waals surface area contributed by atoms with Crippen molar-refractivity contribution >= 4 is 28.9 Å². The van der Waals surface area contributed by atoms with E-state index < -0.39 is 63.1 Å². The van der Waals surface area contributed by atoms with Gasteiger partial charge in [0.1, 0.15) is 17.5 Å². The molecule has 1 aromatic carbocycles. The van der Waals surface area contributed by atoms with Gasteiger partial charge in [0.05, 0.1) is 11.5 Å². The Morgan fingerprint density at radius 2 is 1.67 bits per heavy atom. The topological polar surface area (TPSA) is 126 Å². The van der Waals surface area contributed by atoms with Crippen molar-refractivity contribution in [3.8, 4) is 5.75 Å². The summed E-state index contributed by atoms with van der Waals surface area (Å²) in [5.41, 5.74) is -3.39. The number of benzene rings is 1. The minimum absolute atomic E-state index is 0.0741. The highest BCUT2D eigenvalue weighted by molar-refractivity contribution is 6.32. The molecule has 3 aliphatic rings. The molecule has 212 valence electrons. The van der Waals surface area contributed by atoms with Gasteiger partial charge < -0.3 is 10.2 Å². The van der Waals surface area contributed by atoms with Crippen LogP contribution in [-0.2, 0) is 32.0 Å². The summed E-state index contributed by atoms with van der Waals surface area (Å²) in [7, 11) is 0. The van der Waals surface area contributed by atoms with Crippen molar-refractivity contribution in [1.29, 1.82) is 0 Å².